The van der Waals surface area contributed by atoms with Crippen molar-refractivity contribution in [1.29, 1.82) is 0 Å². The molecule has 0 atom stereocenters. The second-order valence-corrected chi connectivity index (χ2v) is 7.78. The van der Waals surface area contributed by atoms with Crippen LogP contribution in [0, 0.1) is 3.57 Å². The first kappa shape index (κ1) is 19.6. The highest BCUT2D eigenvalue weighted by Crippen LogP contribution is 2.25. The molecule has 0 amide bonds. The maximum Gasteiger partial charge on any atom is 0.0426 e. The van der Waals surface area contributed by atoms with E-state index in [1.54, 1.807) is 6.07 Å². The fourth-order valence-corrected chi connectivity index (χ4v) is 3.72. The first-order valence-electron chi connectivity index (χ1n) is 7.22. The lowest BCUT2D eigenvalue weighted by Gasteiger charge is -2.08. The molecule has 0 saturated heterocycles. The molecule has 2 N–H and O–H groups in total. The molecule has 2 aromatic rings. The highest BCUT2D eigenvalue weighted by molar-refractivity contribution is 14.1. The van der Waals surface area contributed by atoms with Crippen molar-refractivity contribution in [2.45, 2.75) is 39.5 Å². The zero-order valence-electron chi connectivity index (χ0n) is 13.3. The Hall–Kier alpha value is -0.450. The van der Waals surface area contributed by atoms with Crippen LogP contribution in [0.3, 0.4) is 0 Å². The van der Waals surface area contributed by atoms with Crippen molar-refractivity contribution in [3.05, 3.63) is 61.1 Å². The van der Waals surface area contributed by atoms with Gasteiger partial charge in [-0.2, -0.15) is 0 Å². The van der Waals surface area contributed by atoms with Crippen LogP contribution in [-0.2, 0) is 0 Å². The van der Waals surface area contributed by atoms with E-state index >= 15 is 0 Å². The second-order valence-electron chi connectivity index (χ2n) is 5.75. The molecule has 1 nitrogen and oxygen atoms in total. The molecule has 0 aliphatic heterocycles. The average Bonchev–Trinajstić information content (AvgIpc) is 2.38. The molecule has 120 valence electrons. The van der Waals surface area contributed by atoms with Crippen molar-refractivity contribution in [2.24, 2.45) is 0 Å². The standard InChI is InChI=1S/C9H10ClI.C9H12ClN/c2*1-6(2)8-4-3-7(10)5-9(8)11/h3-6H,1-2H3;3-6H,11H2,1-2H3. The molecule has 0 saturated carbocycles. The van der Waals surface area contributed by atoms with Gasteiger partial charge in [-0.05, 0) is 69.8 Å². The Morgan fingerprint density at radius 2 is 1.27 bits per heavy atom. The molecular formula is C18H22Cl2IN. The van der Waals surface area contributed by atoms with Crippen LogP contribution in [0.2, 0.25) is 10.0 Å². The molecule has 0 radical (unpaired) electrons. The predicted octanol–water partition coefficient (Wildman–Crippen LogP) is 7.11. The lowest BCUT2D eigenvalue weighted by atomic mass is 10.0. The summed E-state index contributed by atoms with van der Waals surface area (Å²) in [4.78, 5) is 0. The topological polar surface area (TPSA) is 26.0 Å². The SMILES string of the molecule is CC(C)c1ccc(Cl)cc1I.CC(C)c1ccc(Cl)cc1N. The van der Waals surface area contributed by atoms with Gasteiger partial charge in [-0.3, -0.25) is 0 Å². The lowest BCUT2D eigenvalue weighted by molar-refractivity contribution is 0.860. The van der Waals surface area contributed by atoms with Gasteiger partial charge in [0.05, 0.1) is 0 Å². The molecule has 0 heterocycles. The number of hydrogen-bond acceptors (Lipinski definition) is 1. The van der Waals surface area contributed by atoms with Gasteiger partial charge in [0.2, 0.25) is 0 Å². The highest BCUT2D eigenvalue weighted by Gasteiger charge is 2.04. The van der Waals surface area contributed by atoms with E-state index in [2.05, 4.69) is 56.4 Å². The molecule has 0 fully saturated rings. The molecule has 2 rings (SSSR count). The van der Waals surface area contributed by atoms with Gasteiger partial charge in [-0.15, -0.1) is 0 Å². The van der Waals surface area contributed by atoms with Gasteiger partial charge in [0.1, 0.15) is 0 Å². The summed E-state index contributed by atoms with van der Waals surface area (Å²) in [5.41, 5.74) is 9.05. The number of nitrogen functional groups attached to an aromatic ring is 1. The molecule has 0 aliphatic rings. The van der Waals surface area contributed by atoms with Gasteiger partial charge in [0, 0.05) is 19.3 Å². The highest BCUT2D eigenvalue weighted by atomic mass is 127. The van der Waals surface area contributed by atoms with E-state index in [4.69, 9.17) is 28.9 Å². The first-order valence-corrected chi connectivity index (χ1v) is 9.05. The Balaban J connectivity index is 0.000000220. The van der Waals surface area contributed by atoms with Crippen molar-refractivity contribution < 1.29 is 0 Å². The molecule has 22 heavy (non-hydrogen) atoms. The zero-order chi connectivity index (χ0) is 16.9. The van der Waals surface area contributed by atoms with Crippen LogP contribution in [0.15, 0.2) is 36.4 Å². The first-order chi connectivity index (χ1) is 10.2. The van der Waals surface area contributed by atoms with E-state index in [0.29, 0.717) is 16.9 Å². The number of rotatable bonds is 2. The Kier molecular flexibility index (Phi) is 8.01. The van der Waals surface area contributed by atoms with Crippen LogP contribution in [0.4, 0.5) is 5.69 Å². The van der Waals surface area contributed by atoms with Crippen molar-refractivity contribution in [3.63, 3.8) is 0 Å². The van der Waals surface area contributed by atoms with E-state index in [0.717, 1.165) is 16.3 Å². The van der Waals surface area contributed by atoms with E-state index < -0.39 is 0 Å². The van der Waals surface area contributed by atoms with Gasteiger partial charge in [0.25, 0.3) is 0 Å². The number of benzene rings is 2. The molecular weight excluding hydrogens is 428 g/mol. The van der Waals surface area contributed by atoms with Crippen molar-refractivity contribution in [1.82, 2.24) is 0 Å². The molecule has 4 heteroatoms. The minimum absolute atomic E-state index is 0.465. The van der Waals surface area contributed by atoms with E-state index in [1.807, 2.05) is 24.3 Å². The van der Waals surface area contributed by atoms with Crippen LogP contribution < -0.4 is 5.73 Å². The largest absolute Gasteiger partial charge is 0.398 e. The summed E-state index contributed by atoms with van der Waals surface area (Å²) in [6.45, 7) is 8.59. The average molecular weight is 450 g/mol. The van der Waals surface area contributed by atoms with Crippen molar-refractivity contribution in [3.8, 4) is 0 Å². The molecule has 0 aliphatic carbocycles. The maximum absolute atomic E-state index is 5.82. The van der Waals surface area contributed by atoms with Gasteiger partial charge >= 0.3 is 0 Å². The number of hydrogen-bond donors (Lipinski definition) is 1. The van der Waals surface area contributed by atoms with Gasteiger partial charge < -0.3 is 5.73 Å². The maximum atomic E-state index is 5.82. The lowest BCUT2D eigenvalue weighted by Crippen LogP contribution is -1.95. The summed E-state index contributed by atoms with van der Waals surface area (Å²) >= 11 is 13.9. The summed E-state index contributed by atoms with van der Waals surface area (Å²) in [5, 5.41) is 1.52. The van der Waals surface area contributed by atoms with E-state index in [1.165, 1.54) is 9.13 Å². The van der Waals surface area contributed by atoms with E-state index in [9.17, 15) is 0 Å². The fourth-order valence-electron chi connectivity index (χ4n) is 2.04. The number of halogens is 3. The second kappa shape index (κ2) is 8.99. The van der Waals surface area contributed by atoms with Crippen LogP contribution in [-0.4, -0.2) is 0 Å². The minimum Gasteiger partial charge on any atom is -0.398 e. The Morgan fingerprint density at radius 1 is 0.818 bits per heavy atom. The van der Waals surface area contributed by atoms with E-state index in [-0.39, 0.29) is 0 Å². The van der Waals surface area contributed by atoms with Crippen LogP contribution in [0.5, 0.6) is 0 Å². The summed E-state index contributed by atoms with van der Waals surface area (Å²) < 4.78 is 1.25. The van der Waals surface area contributed by atoms with Crippen molar-refractivity contribution >= 4 is 51.5 Å². The molecule has 0 unspecified atom stereocenters. The fraction of sp³-hybridized carbons (Fsp3) is 0.333. The Labute approximate surface area is 157 Å². The quantitative estimate of drug-likeness (QED) is 0.383. The van der Waals surface area contributed by atoms with Gasteiger partial charge in [-0.1, -0.05) is 63.0 Å². The monoisotopic (exact) mass is 449 g/mol. The third kappa shape index (κ3) is 5.98. The van der Waals surface area contributed by atoms with Crippen LogP contribution >= 0.6 is 45.8 Å². The summed E-state index contributed by atoms with van der Waals surface area (Å²) in [5.74, 6) is 1.05. The molecule has 2 aromatic carbocycles. The van der Waals surface area contributed by atoms with Crippen molar-refractivity contribution in [2.75, 3.05) is 5.73 Å². The minimum atomic E-state index is 0.465. The van der Waals surface area contributed by atoms with Gasteiger partial charge in [0.15, 0.2) is 0 Å². The molecule has 0 aromatic heterocycles. The zero-order valence-corrected chi connectivity index (χ0v) is 17.0. The number of anilines is 1. The summed E-state index contributed by atoms with van der Waals surface area (Å²) in [6, 6.07) is 11.7. The number of nitrogens with two attached hydrogens (primary N) is 1. The predicted molar refractivity (Wildman–Crippen MR) is 108 cm³/mol. The third-order valence-corrected chi connectivity index (χ3v) is 4.66. The normalized spacial score (nSPS) is 10.6. The summed E-state index contributed by atoms with van der Waals surface area (Å²) in [6.07, 6.45) is 0. The Bertz CT molecular complexity index is 569. The third-order valence-electron chi connectivity index (χ3n) is 3.26. The smallest absolute Gasteiger partial charge is 0.0426 e. The van der Waals surface area contributed by atoms with Gasteiger partial charge in [-0.25, -0.2) is 0 Å². The van der Waals surface area contributed by atoms with Crippen LogP contribution in [0.25, 0.3) is 0 Å². The Morgan fingerprint density at radius 3 is 1.68 bits per heavy atom. The molecule has 0 spiro atoms. The summed E-state index contributed by atoms with van der Waals surface area (Å²) in [7, 11) is 0. The van der Waals surface area contributed by atoms with Crippen LogP contribution in [0.1, 0.15) is 50.7 Å². The molecule has 0 bridgehead atoms.